The van der Waals surface area contributed by atoms with Crippen LogP contribution >= 0.6 is 0 Å². The van der Waals surface area contributed by atoms with E-state index in [1.807, 2.05) is 24.3 Å². The second-order valence-corrected chi connectivity index (χ2v) is 2.25. The quantitative estimate of drug-likeness (QED) is 0.538. The number of hydrazone groups is 1. The molecule has 0 bridgehead atoms. The Bertz CT molecular complexity index is 254. The molecule has 1 rings (SSSR count). The molecule has 0 saturated heterocycles. The fourth-order valence-corrected chi connectivity index (χ4v) is 0.829. The van der Waals surface area contributed by atoms with Gasteiger partial charge < -0.3 is 10.2 Å². The van der Waals surface area contributed by atoms with Crippen LogP contribution in [0.2, 0.25) is 0 Å². The van der Waals surface area contributed by atoms with E-state index in [4.69, 9.17) is 4.74 Å². The summed E-state index contributed by atoms with van der Waals surface area (Å²) in [6.45, 7) is 0. The van der Waals surface area contributed by atoms with E-state index in [0.717, 1.165) is 11.3 Å². The van der Waals surface area contributed by atoms with Crippen molar-refractivity contribution in [2.45, 2.75) is 0 Å². The third-order valence-corrected chi connectivity index (χ3v) is 1.46. The van der Waals surface area contributed by atoms with E-state index in [9.17, 15) is 0 Å². The summed E-state index contributed by atoms with van der Waals surface area (Å²) in [5.41, 5.74) is 3.73. The maximum atomic E-state index is 5.01. The molecule has 0 aliphatic carbocycles. The minimum Gasteiger partial charge on any atom is -0.497 e. The van der Waals surface area contributed by atoms with Crippen LogP contribution in [-0.4, -0.2) is 20.4 Å². The molecule has 64 valence electrons. The fourth-order valence-electron chi connectivity index (χ4n) is 0.829. The predicted molar refractivity (Wildman–Crippen MR) is 49.6 cm³/mol. The minimum absolute atomic E-state index is 0.858. The largest absolute Gasteiger partial charge is 0.497 e. The Kier molecular flexibility index (Phi) is 3.14. The van der Waals surface area contributed by atoms with Crippen LogP contribution < -0.4 is 10.2 Å². The standard InChI is InChI=1S/C9H12N2O/c1-10-11-7-8-3-5-9(12-2)6-4-8/h3-7,10H,1-2H3/b11-7-. The Labute approximate surface area is 72.1 Å². The zero-order valence-corrected chi connectivity index (χ0v) is 7.24. The number of methoxy groups -OCH3 is 1. The molecule has 0 spiro atoms. The molecule has 3 heteroatoms. The van der Waals surface area contributed by atoms with Gasteiger partial charge in [-0.2, -0.15) is 5.10 Å². The summed E-state index contributed by atoms with van der Waals surface area (Å²) < 4.78 is 5.01. The second kappa shape index (κ2) is 4.38. The fraction of sp³-hybridized carbons (Fsp3) is 0.222. The monoisotopic (exact) mass is 164 g/mol. The number of benzene rings is 1. The zero-order valence-electron chi connectivity index (χ0n) is 7.24. The summed E-state index contributed by atoms with van der Waals surface area (Å²) in [6, 6.07) is 7.69. The molecule has 0 amide bonds. The smallest absolute Gasteiger partial charge is 0.118 e. The van der Waals surface area contributed by atoms with Crippen molar-refractivity contribution in [1.29, 1.82) is 0 Å². The van der Waals surface area contributed by atoms with Crippen molar-refractivity contribution >= 4 is 6.21 Å². The van der Waals surface area contributed by atoms with Crippen LogP contribution in [-0.2, 0) is 0 Å². The highest BCUT2D eigenvalue weighted by Gasteiger charge is 1.89. The number of hydrogen-bond donors (Lipinski definition) is 1. The van der Waals surface area contributed by atoms with Crippen LogP contribution in [0.4, 0.5) is 0 Å². The highest BCUT2D eigenvalue weighted by molar-refractivity contribution is 5.79. The van der Waals surface area contributed by atoms with E-state index in [0.29, 0.717) is 0 Å². The number of nitrogens with one attached hydrogen (secondary N) is 1. The molecule has 0 aromatic heterocycles. The van der Waals surface area contributed by atoms with Crippen LogP contribution in [0.25, 0.3) is 0 Å². The average Bonchev–Trinajstić information content (AvgIpc) is 2.15. The first-order valence-electron chi connectivity index (χ1n) is 3.70. The molecular formula is C9H12N2O. The normalized spacial score (nSPS) is 10.2. The number of hydrogen-bond acceptors (Lipinski definition) is 3. The third kappa shape index (κ3) is 2.27. The molecular weight excluding hydrogens is 152 g/mol. The van der Waals surface area contributed by atoms with Crippen molar-refractivity contribution in [3.63, 3.8) is 0 Å². The number of ether oxygens (including phenoxy) is 1. The van der Waals surface area contributed by atoms with E-state index in [2.05, 4.69) is 10.5 Å². The molecule has 3 nitrogen and oxygen atoms in total. The lowest BCUT2D eigenvalue weighted by Gasteiger charge is -1.98. The van der Waals surface area contributed by atoms with Gasteiger partial charge in [-0.3, -0.25) is 0 Å². The Balaban J connectivity index is 2.71. The topological polar surface area (TPSA) is 33.6 Å². The van der Waals surface area contributed by atoms with Crippen molar-refractivity contribution in [3.05, 3.63) is 29.8 Å². The van der Waals surface area contributed by atoms with Crippen molar-refractivity contribution in [2.75, 3.05) is 14.2 Å². The second-order valence-electron chi connectivity index (χ2n) is 2.25. The van der Waals surface area contributed by atoms with Gasteiger partial charge in [0.1, 0.15) is 5.75 Å². The lowest BCUT2D eigenvalue weighted by molar-refractivity contribution is 0.415. The van der Waals surface area contributed by atoms with E-state index >= 15 is 0 Å². The summed E-state index contributed by atoms with van der Waals surface area (Å²) >= 11 is 0. The van der Waals surface area contributed by atoms with E-state index in [1.54, 1.807) is 20.4 Å². The minimum atomic E-state index is 0.858. The maximum absolute atomic E-state index is 5.01. The maximum Gasteiger partial charge on any atom is 0.118 e. The van der Waals surface area contributed by atoms with Crippen LogP contribution in [0.3, 0.4) is 0 Å². The molecule has 0 aliphatic heterocycles. The van der Waals surface area contributed by atoms with E-state index < -0.39 is 0 Å². The first-order valence-corrected chi connectivity index (χ1v) is 3.70. The van der Waals surface area contributed by atoms with Crippen molar-refractivity contribution < 1.29 is 4.74 Å². The molecule has 1 aromatic carbocycles. The van der Waals surface area contributed by atoms with Gasteiger partial charge in [-0.15, -0.1) is 0 Å². The summed E-state index contributed by atoms with van der Waals surface area (Å²) in [7, 11) is 3.41. The Morgan fingerprint density at radius 2 is 2.00 bits per heavy atom. The third-order valence-electron chi connectivity index (χ3n) is 1.46. The van der Waals surface area contributed by atoms with Gasteiger partial charge in [0.15, 0.2) is 0 Å². The molecule has 0 unspecified atom stereocenters. The van der Waals surface area contributed by atoms with Gasteiger partial charge in [-0.1, -0.05) is 0 Å². The number of nitrogens with zero attached hydrogens (tertiary/aromatic N) is 1. The summed E-state index contributed by atoms with van der Waals surface area (Å²) in [4.78, 5) is 0. The van der Waals surface area contributed by atoms with Crippen LogP contribution in [0.5, 0.6) is 5.75 Å². The molecule has 1 N–H and O–H groups in total. The van der Waals surface area contributed by atoms with Crippen LogP contribution in [0.15, 0.2) is 29.4 Å². The van der Waals surface area contributed by atoms with Crippen molar-refractivity contribution in [3.8, 4) is 5.75 Å². The average molecular weight is 164 g/mol. The van der Waals surface area contributed by atoms with Crippen LogP contribution in [0, 0.1) is 0 Å². The summed E-state index contributed by atoms with van der Waals surface area (Å²) in [6.07, 6.45) is 1.75. The Hall–Kier alpha value is -1.51. The van der Waals surface area contributed by atoms with Gasteiger partial charge in [0.25, 0.3) is 0 Å². The van der Waals surface area contributed by atoms with Gasteiger partial charge in [0.2, 0.25) is 0 Å². The predicted octanol–water partition coefficient (Wildman–Crippen LogP) is 1.25. The first-order chi connectivity index (χ1) is 5.86. The van der Waals surface area contributed by atoms with Gasteiger partial charge in [-0.25, -0.2) is 0 Å². The van der Waals surface area contributed by atoms with E-state index in [-0.39, 0.29) is 0 Å². The highest BCUT2D eigenvalue weighted by Crippen LogP contribution is 2.09. The zero-order chi connectivity index (χ0) is 8.81. The highest BCUT2D eigenvalue weighted by atomic mass is 16.5. The molecule has 0 fully saturated rings. The molecule has 1 aromatic rings. The lowest BCUT2D eigenvalue weighted by atomic mass is 10.2. The van der Waals surface area contributed by atoms with Crippen molar-refractivity contribution in [1.82, 2.24) is 5.43 Å². The molecule has 0 saturated carbocycles. The molecule has 0 heterocycles. The molecule has 0 radical (unpaired) electrons. The number of rotatable bonds is 3. The Morgan fingerprint density at radius 1 is 1.33 bits per heavy atom. The molecule has 0 atom stereocenters. The van der Waals surface area contributed by atoms with Gasteiger partial charge in [0.05, 0.1) is 13.3 Å². The lowest BCUT2D eigenvalue weighted by Crippen LogP contribution is -1.94. The van der Waals surface area contributed by atoms with Crippen LogP contribution in [0.1, 0.15) is 5.56 Å². The van der Waals surface area contributed by atoms with Gasteiger partial charge in [0, 0.05) is 7.05 Å². The summed E-state index contributed by atoms with van der Waals surface area (Å²) in [5, 5.41) is 3.88. The molecule has 0 aliphatic rings. The summed E-state index contributed by atoms with van der Waals surface area (Å²) in [5.74, 6) is 0.858. The molecule has 12 heavy (non-hydrogen) atoms. The Morgan fingerprint density at radius 3 is 2.50 bits per heavy atom. The van der Waals surface area contributed by atoms with Crippen molar-refractivity contribution in [2.24, 2.45) is 5.10 Å². The first kappa shape index (κ1) is 8.59. The van der Waals surface area contributed by atoms with E-state index in [1.165, 1.54) is 0 Å². The van der Waals surface area contributed by atoms with Gasteiger partial charge in [-0.05, 0) is 29.8 Å². The van der Waals surface area contributed by atoms with Gasteiger partial charge >= 0.3 is 0 Å². The SMILES string of the molecule is CN/N=C\c1ccc(OC)cc1.